The highest BCUT2D eigenvalue weighted by Crippen LogP contribution is 2.27. The van der Waals surface area contributed by atoms with Crippen molar-refractivity contribution >= 4 is 17.7 Å². The van der Waals surface area contributed by atoms with Crippen LogP contribution in [0.5, 0.6) is 0 Å². The van der Waals surface area contributed by atoms with Gasteiger partial charge in [0.15, 0.2) is 0 Å². The van der Waals surface area contributed by atoms with Gasteiger partial charge in [-0.3, -0.25) is 4.79 Å². The van der Waals surface area contributed by atoms with Crippen LogP contribution in [-0.2, 0) is 6.42 Å². The van der Waals surface area contributed by atoms with E-state index in [0.717, 1.165) is 24.3 Å². The summed E-state index contributed by atoms with van der Waals surface area (Å²) in [6, 6.07) is 14.2. The van der Waals surface area contributed by atoms with Gasteiger partial charge in [-0.05, 0) is 42.4 Å². The maximum atomic E-state index is 12.5. The molecule has 0 saturated carbocycles. The summed E-state index contributed by atoms with van der Waals surface area (Å²) in [5, 5.41) is 4.25. The molecule has 0 fully saturated rings. The standard InChI is InChI=1S/C22H30N2OS/c1-17(12-13-18-9-6-5-7-10-18)26-21-19(11-8-15-24-21)20(25)23-16-14-22(2,3)4/h5-11,15,17H,12-14,16H2,1-4H3,(H,23,25)/t17-/m1/s1. The zero-order chi connectivity index (χ0) is 19.0. The third-order valence-corrected chi connectivity index (χ3v) is 5.36. The fraction of sp³-hybridized carbons (Fsp3) is 0.455. The highest BCUT2D eigenvalue weighted by molar-refractivity contribution is 7.99. The lowest BCUT2D eigenvalue weighted by Crippen LogP contribution is -2.28. The quantitative estimate of drug-likeness (QED) is 0.636. The molecule has 2 rings (SSSR count). The van der Waals surface area contributed by atoms with E-state index in [0.29, 0.717) is 17.4 Å². The van der Waals surface area contributed by atoms with Crippen LogP contribution in [0.2, 0.25) is 0 Å². The van der Waals surface area contributed by atoms with Crippen LogP contribution in [0.3, 0.4) is 0 Å². The Balaban J connectivity index is 1.91. The first kappa shape index (κ1) is 20.5. The Bertz CT molecular complexity index is 695. The van der Waals surface area contributed by atoms with Gasteiger partial charge in [0.25, 0.3) is 5.91 Å². The summed E-state index contributed by atoms with van der Waals surface area (Å²) in [5.74, 6) is -0.0277. The zero-order valence-electron chi connectivity index (χ0n) is 16.3. The summed E-state index contributed by atoms with van der Waals surface area (Å²) in [7, 11) is 0. The molecule has 1 N–H and O–H groups in total. The van der Waals surface area contributed by atoms with E-state index in [1.165, 1.54) is 5.56 Å². The minimum Gasteiger partial charge on any atom is -0.352 e. The number of hydrogen-bond donors (Lipinski definition) is 1. The zero-order valence-corrected chi connectivity index (χ0v) is 17.1. The molecule has 0 aliphatic rings. The van der Waals surface area contributed by atoms with Gasteiger partial charge in [-0.15, -0.1) is 11.8 Å². The summed E-state index contributed by atoms with van der Waals surface area (Å²) in [6.45, 7) is 9.42. The fourth-order valence-corrected chi connectivity index (χ4v) is 3.59. The number of amides is 1. The van der Waals surface area contributed by atoms with Crippen LogP contribution in [0.15, 0.2) is 53.7 Å². The van der Waals surface area contributed by atoms with Crippen LogP contribution in [0.25, 0.3) is 0 Å². The van der Waals surface area contributed by atoms with E-state index >= 15 is 0 Å². The van der Waals surface area contributed by atoms with Crippen molar-refractivity contribution in [3.63, 3.8) is 0 Å². The number of carbonyl (C=O) groups excluding carboxylic acids is 1. The molecular formula is C22H30N2OS. The summed E-state index contributed by atoms with van der Waals surface area (Å²) >= 11 is 1.68. The molecule has 140 valence electrons. The lowest BCUT2D eigenvalue weighted by atomic mass is 9.92. The number of hydrogen-bond acceptors (Lipinski definition) is 3. The van der Waals surface area contributed by atoms with E-state index in [-0.39, 0.29) is 11.3 Å². The third kappa shape index (κ3) is 7.20. The number of benzene rings is 1. The van der Waals surface area contributed by atoms with Crippen LogP contribution < -0.4 is 5.32 Å². The van der Waals surface area contributed by atoms with Crippen molar-refractivity contribution in [1.82, 2.24) is 10.3 Å². The molecule has 0 unspecified atom stereocenters. The summed E-state index contributed by atoms with van der Waals surface area (Å²) in [4.78, 5) is 17.0. The molecule has 0 spiro atoms. The molecule has 1 aromatic carbocycles. The van der Waals surface area contributed by atoms with Crippen molar-refractivity contribution in [3.8, 4) is 0 Å². The van der Waals surface area contributed by atoms with Gasteiger partial charge in [0.2, 0.25) is 0 Å². The third-order valence-electron chi connectivity index (χ3n) is 4.17. The maximum Gasteiger partial charge on any atom is 0.254 e. The molecule has 0 aliphatic carbocycles. The second kappa shape index (κ2) is 9.77. The van der Waals surface area contributed by atoms with E-state index in [1.54, 1.807) is 18.0 Å². The first-order chi connectivity index (χ1) is 12.3. The fourth-order valence-electron chi connectivity index (χ4n) is 2.57. The molecule has 0 saturated heterocycles. The second-order valence-electron chi connectivity index (χ2n) is 7.88. The lowest BCUT2D eigenvalue weighted by molar-refractivity contribution is 0.0946. The second-order valence-corrected chi connectivity index (χ2v) is 9.30. The van der Waals surface area contributed by atoms with Crippen molar-refractivity contribution in [3.05, 3.63) is 59.8 Å². The minimum absolute atomic E-state index is 0.0277. The van der Waals surface area contributed by atoms with E-state index in [9.17, 15) is 4.79 Å². The molecular weight excluding hydrogens is 340 g/mol. The normalized spacial score (nSPS) is 12.6. The molecule has 1 aromatic heterocycles. The largest absolute Gasteiger partial charge is 0.352 e. The minimum atomic E-state index is -0.0277. The molecule has 0 bridgehead atoms. The highest BCUT2D eigenvalue weighted by atomic mass is 32.2. The molecule has 3 nitrogen and oxygen atoms in total. The topological polar surface area (TPSA) is 42.0 Å². The van der Waals surface area contributed by atoms with Gasteiger partial charge in [-0.1, -0.05) is 58.0 Å². The van der Waals surface area contributed by atoms with Gasteiger partial charge >= 0.3 is 0 Å². The van der Waals surface area contributed by atoms with Gasteiger partial charge in [-0.2, -0.15) is 0 Å². The van der Waals surface area contributed by atoms with Gasteiger partial charge in [0.1, 0.15) is 5.03 Å². The summed E-state index contributed by atoms with van der Waals surface area (Å²) < 4.78 is 0. The number of nitrogens with zero attached hydrogens (tertiary/aromatic N) is 1. The average Bonchev–Trinajstić information content (AvgIpc) is 2.60. The van der Waals surface area contributed by atoms with E-state index in [2.05, 4.69) is 62.3 Å². The lowest BCUT2D eigenvalue weighted by Gasteiger charge is -2.18. The van der Waals surface area contributed by atoms with Crippen molar-refractivity contribution in [1.29, 1.82) is 0 Å². The Morgan fingerprint density at radius 2 is 1.88 bits per heavy atom. The van der Waals surface area contributed by atoms with Gasteiger partial charge < -0.3 is 5.32 Å². The molecule has 1 heterocycles. The molecule has 2 aromatic rings. The number of aryl methyl sites for hydroxylation is 1. The van der Waals surface area contributed by atoms with Crippen LogP contribution in [0, 0.1) is 5.41 Å². The summed E-state index contributed by atoms with van der Waals surface area (Å²) in [5.41, 5.74) is 2.24. The monoisotopic (exact) mass is 370 g/mol. The predicted molar refractivity (Wildman–Crippen MR) is 111 cm³/mol. The number of rotatable bonds is 8. The molecule has 26 heavy (non-hydrogen) atoms. The maximum absolute atomic E-state index is 12.5. The Kier molecular flexibility index (Phi) is 7.70. The van der Waals surface area contributed by atoms with E-state index in [1.807, 2.05) is 18.2 Å². The van der Waals surface area contributed by atoms with Crippen molar-refractivity contribution < 1.29 is 4.79 Å². The first-order valence-corrected chi connectivity index (χ1v) is 10.2. The Morgan fingerprint density at radius 1 is 1.15 bits per heavy atom. The predicted octanol–water partition coefficient (Wildman–Crippen LogP) is 5.36. The highest BCUT2D eigenvalue weighted by Gasteiger charge is 2.16. The molecule has 0 aliphatic heterocycles. The van der Waals surface area contributed by atoms with Gasteiger partial charge in [0, 0.05) is 18.0 Å². The van der Waals surface area contributed by atoms with Gasteiger partial charge in [-0.25, -0.2) is 4.98 Å². The SMILES string of the molecule is C[C@H](CCc1ccccc1)Sc1ncccc1C(=O)NCCC(C)(C)C. The molecule has 1 atom stereocenters. The number of thioether (sulfide) groups is 1. The summed E-state index contributed by atoms with van der Waals surface area (Å²) in [6.07, 6.45) is 4.80. The van der Waals surface area contributed by atoms with Crippen molar-refractivity contribution in [2.45, 2.75) is 57.2 Å². The number of aromatic nitrogens is 1. The Morgan fingerprint density at radius 3 is 2.58 bits per heavy atom. The smallest absolute Gasteiger partial charge is 0.254 e. The molecule has 4 heteroatoms. The van der Waals surface area contributed by atoms with Crippen LogP contribution in [0.4, 0.5) is 0 Å². The van der Waals surface area contributed by atoms with Crippen molar-refractivity contribution in [2.24, 2.45) is 5.41 Å². The molecule has 0 radical (unpaired) electrons. The van der Waals surface area contributed by atoms with Crippen molar-refractivity contribution in [2.75, 3.05) is 6.54 Å². The van der Waals surface area contributed by atoms with Crippen LogP contribution in [0.1, 0.15) is 56.5 Å². The Labute approximate surface area is 162 Å². The van der Waals surface area contributed by atoms with Crippen LogP contribution in [-0.4, -0.2) is 22.7 Å². The average molecular weight is 371 g/mol. The number of pyridine rings is 1. The van der Waals surface area contributed by atoms with Crippen LogP contribution >= 0.6 is 11.8 Å². The van der Waals surface area contributed by atoms with E-state index < -0.39 is 0 Å². The Hall–Kier alpha value is -1.81. The number of nitrogens with one attached hydrogen (secondary N) is 1. The molecule has 1 amide bonds. The van der Waals surface area contributed by atoms with E-state index in [4.69, 9.17) is 0 Å². The number of carbonyl (C=O) groups is 1. The first-order valence-electron chi connectivity index (χ1n) is 9.29. The van der Waals surface area contributed by atoms with Gasteiger partial charge in [0.05, 0.1) is 5.56 Å².